The highest BCUT2D eigenvalue weighted by molar-refractivity contribution is 6.14. The molecule has 4 aromatic carbocycles. The summed E-state index contributed by atoms with van der Waals surface area (Å²) in [4.78, 5) is 2.35. The first-order valence-electron chi connectivity index (χ1n) is 9.52. The summed E-state index contributed by atoms with van der Waals surface area (Å²) in [7, 11) is 2.05. The Bertz CT molecular complexity index is 1130. The maximum absolute atomic E-state index is 4.96. The molecule has 0 unspecified atom stereocenters. The Labute approximate surface area is 165 Å². The van der Waals surface area contributed by atoms with Crippen molar-refractivity contribution in [3.63, 3.8) is 0 Å². The SMILES string of the molecule is CN1N=C(c2ccccc2)N(c2cccc3ccccc23)[C@H]1c1ccccc1. The molecule has 3 heteroatoms. The molecule has 0 N–H and O–H groups in total. The Morgan fingerprint density at radius 3 is 2.11 bits per heavy atom. The van der Waals surface area contributed by atoms with Crippen molar-refractivity contribution in [2.45, 2.75) is 6.17 Å². The van der Waals surface area contributed by atoms with Gasteiger partial charge >= 0.3 is 0 Å². The zero-order chi connectivity index (χ0) is 18.9. The van der Waals surface area contributed by atoms with Crippen LogP contribution in [-0.4, -0.2) is 17.9 Å². The molecule has 0 fully saturated rings. The van der Waals surface area contributed by atoms with Crippen LogP contribution in [0, 0.1) is 0 Å². The molecule has 5 rings (SSSR count). The van der Waals surface area contributed by atoms with E-state index in [1.807, 2.05) is 13.1 Å². The van der Waals surface area contributed by atoms with E-state index in [0.29, 0.717) is 0 Å². The molecule has 1 heterocycles. The van der Waals surface area contributed by atoms with Gasteiger partial charge in [0.2, 0.25) is 0 Å². The second-order valence-electron chi connectivity index (χ2n) is 7.02. The van der Waals surface area contributed by atoms with E-state index in [1.54, 1.807) is 0 Å². The van der Waals surface area contributed by atoms with Gasteiger partial charge in [0, 0.05) is 18.0 Å². The fourth-order valence-electron chi connectivity index (χ4n) is 3.97. The van der Waals surface area contributed by atoms with Gasteiger partial charge in [0.15, 0.2) is 5.84 Å². The normalized spacial score (nSPS) is 16.5. The molecule has 1 atom stereocenters. The minimum absolute atomic E-state index is 0.00205. The van der Waals surface area contributed by atoms with Crippen molar-refractivity contribution >= 4 is 22.3 Å². The molecule has 0 spiro atoms. The summed E-state index contributed by atoms with van der Waals surface area (Å²) in [6, 6.07) is 36.0. The summed E-state index contributed by atoms with van der Waals surface area (Å²) in [5, 5.41) is 9.47. The molecule has 0 bridgehead atoms. The Hall–Kier alpha value is -3.59. The second kappa shape index (κ2) is 6.86. The van der Waals surface area contributed by atoms with E-state index >= 15 is 0 Å². The first-order chi connectivity index (χ1) is 13.8. The lowest BCUT2D eigenvalue weighted by Crippen LogP contribution is -2.34. The van der Waals surface area contributed by atoms with Gasteiger partial charge in [-0.1, -0.05) is 97.1 Å². The number of hydrogen-bond acceptors (Lipinski definition) is 3. The third-order valence-electron chi connectivity index (χ3n) is 5.24. The van der Waals surface area contributed by atoms with Gasteiger partial charge in [0.25, 0.3) is 0 Å². The number of rotatable bonds is 3. The van der Waals surface area contributed by atoms with Gasteiger partial charge in [-0.2, -0.15) is 5.10 Å². The van der Waals surface area contributed by atoms with Crippen molar-refractivity contribution in [3.8, 4) is 0 Å². The van der Waals surface area contributed by atoms with Gasteiger partial charge in [-0.15, -0.1) is 0 Å². The van der Waals surface area contributed by atoms with Gasteiger partial charge in [-0.25, -0.2) is 0 Å². The maximum atomic E-state index is 4.96. The number of fused-ring (bicyclic) bond motifs is 1. The first-order valence-corrected chi connectivity index (χ1v) is 9.52. The summed E-state index contributed by atoms with van der Waals surface area (Å²) in [6.45, 7) is 0. The van der Waals surface area contributed by atoms with Crippen LogP contribution in [-0.2, 0) is 0 Å². The van der Waals surface area contributed by atoms with Gasteiger partial charge in [-0.05, 0) is 17.0 Å². The molecule has 0 amide bonds. The summed E-state index contributed by atoms with van der Waals surface area (Å²) >= 11 is 0. The fraction of sp³-hybridized carbons (Fsp3) is 0.0800. The first kappa shape index (κ1) is 16.6. The average molecular weight is 363 g/mol. The molecule has 28 heavy (non-hydrogen) atoms. The average Bonchev–Trinajstić information content (AvgIpc) is 3.11. The number of hydrazone groups is 1. The van der Waals surface area contributed by atoms with Gasteiger partial charge in [0.05, 0.1) is 5.69 Å². The minimum atomic E-state index is 0.00205. The van der Waals surface area contributed by atoms with E-state index in [1.165, 1.54) is 22.0 Å². The number of nitrogens with zero attached hydrogens (tertiary/aromatic N) is 3. The second-order valence-corrected chi connectivity index (χ2v) is 7.02. The van der Waals surface area contributed by atoms with Crippen LogP contribution in [0.4, 0.5) is 5.69 Å². The summed E-state index contributed by atoms with van der Waals surface area (Å²) < 4.78 is 0. The van der Waals surface area contributed by atoms with Crippen LogP contribution in [0.5, 0.6) is 0 Å². The number of hydrogen-bond donors (Lipinski definition) is 0. The Kier molecular flexibility index (Phi) is 4.06. The summed E-state index contributed by atoms with van der Waals surface area (Å²) in [5.74, 6) is 0.966. The highest BCUT2D eigenvalue weighted by Crippen LogP contribution is 2.39. The Balaban J connectivity index is 1.74. The van der Waals surface area contributed by atoms with Crippen molar-refractivity contribution in [1.82, 2.24) is 5.01 Å². The van der Waals surface area contributed by atoms with E-state index in [4.69, 9.17) is 5.10 Å². The molecular formula is C25H21N3. The molecule has 136 valence electrons. The molecular weight excluding hydrogens is 342 g/mol. The lowest BCUT2D eigenvalue weighted by molar-refractivity contribution is 0.291. The van der Waals surface area contributed by atoms with E-state index in [0.717, 1.165) is 11.4 Å². The number of anilines is 1. The third-order valence-corrected chi connectivity index (χ3v) is 5.24. The molecule has 4 aromatic rings. The predicted molar refractivity (Wildman–Crippen MR) is 116 cm³/mol. The highest BCUT2D eigenvalue weighted by Gasteiger charge is 2.35. The predicted octanol–water partition coefficient (Wildman–Crippen LogP) is 5.65. The Morgan fingerprint density at radius 1 is 0.679 bits per heavy atom. The molecule has 1 aliphatic rings. The quantitative estimate of drug-likeness (QED) is 0.468. The van der Waals surface area contributed by atoms with Crippen LogP contribution >= 0.6 is 0 Å². The largest absolute Gasteiger partial charge is 0.297 e. The third kappa shape index (κ3) is 2.72. The van der Waals surface area contributed by atoms with Crippen LogP contribution in [0.3, 0.4) is 0 Å². The topological polar surface area (TPSA) is 18.8 Å². The zero-order valence-electron chi connectivity index (χ0n) is 15.7. The standard InChI is InChI=1S/C25H21N3/c1-27-25(21-14-6-3-7-15-21)28(24(26-27)20-12-4-2-5-13-20)23-18-10-16-19-11-8-9-17-22(19)23/h2-18,25H,1H3/t25-/m0/s1. The lowest BCUT2D eigenvalue weighted by Gasteiger charge is -2.31. The van der Waals surface area contributed by atoms with Crippen LogP contribution in [0.2, 0.25) is 0 Å². The molecule has 0 radical (unpaired) electrons. The lowest BCUT2D eigenvalue weighted by atomic mass is 10.0. The van der Waals surface area contributed by atoms with Crippen molar-refractivity contribution in [2.24, 2.45) is 5.10 Å². The number of benzene rings is 4. The molecule has 0 saturated carbocycles. The molecule has 3 nitrogen and oxygen atoms in total. The van der Waals surface area contributed by atoms with Gasteiger partial charge in [-0.3, -0.25) is 9.91 Å². The Morgan fingerprint density at radius 2 is 1.32 bits per heavy atom. The van der Waals surface area contributed by atoms with E-state index in [-0.39, 0.29) is 6.17 Å². The van der Waals surface area contributed by atoms with Crippen molar-refractivity contribution in [3.05, 3.63) is 114 Å². The van der Waals surface area contributed by atoms with Crippen LogP contribution in [0.15, 0.2) is 108 Å². The highest BCUT2D eigenvalue weighted by atomic mass is 15.6. The van der Waals surface area contributed by atoms with Crippen LogP contribution in [0.25, 0.3) is 10.8 Å². The van der Waals surface area contributed by atoms with Crippen molar-refractivity contribution in [2.75, 3.05) is 11.9 Å². The number of amidine groups is 1. The molecule has 0 aromatic heterocycles. The van der Waals surface area contributed by atoms with Crippen LogP contribution in [0.1, 0.15) is 17.3 Å². The summed E-state index contributed by atoms with van der Waals surface area (Å²) in [6.07, 6.45) is 0.00205. The minimum Gasteiger partial charge on any atom is -0.297 e. The maximum Gasteiger partial charge on any atom is 0.162 e. The van der Waals surface area contributed by atoms with Crippen molar-refractivity contribution in [1.29, 1.82) is 0 Å². The van der Waals surface area contributed by atoms with E-state index in [9.17, 15) is 0 Å². The smallest absolute Gasteiger partial charge is 0.162 e. The monoisotopic (exact) mass is 363 g/mol. The molecule has 1 aliphatic heterocycles. The van der Waals surface area contributed by atoms with E-state index < -0.39 is 0 Å². The fourth-order valence-corrected chi connectivity index (χ4v) is 3.97. The molecule has 0 saturated heterocycles. The van der Waals surface area contributed by atoms with Crippen molar-refractivity contribution < 1.29 is 0 Å². The molecule has 0 aliphatic carbocycles. The summed E-state index contributed by atoms with van der Waals surface area (Å²) in [5.41, 5.74) is 3.49. The zero-order valence-corrected chi connectivity index (χ0v) is 15.7. The van der Waals surface area contributed by atoms with Crippen LogP contribution < -0.4 is 4.90 Å². The van der Waals surface area contributed by atoms with Gasteiger partial charge in [0.1, 0.15) is 6.17 Å². The van der Waals surface area contributed by atoms with Gasteiger partial charge < -0.3 is 0 Å². The van der Waals surface area contributed by atoms with E-state index in [2.05, 4.69) is 107 Å².